The molecule has 0 atom stereocenters. The predicted octanol–water partition coefficient (Wildman–Crippen LogP) is 2.03. The molecule has 1 fully saturated rings. The van der Waals surface area contributed by atoms with Gasteiger partial charge >= 0.3 is 0 Å². The standard InChI is InChI=1S/C16H21N3O/c1-17-16(20)8-10-19-9-7-14-12(3-2-4-15(14)19)11-18-13-5-6-13/h2-4,7,9,13,18H,5-6,8,10-11H2,1H3,(H,17,20). The predicted molar refractivity (Wildman–Crippen MR) is 80.5 cm³/mol. The van der Waals surface area contributed by atoms with Gasteiger partial charge in [-0.3, -0.25) is 4.79 Å². The van der Waals surface area contributed by atoms with E-state index >= 15 is 0 Å². The van der Waals surface area contributed by atoms with Gasteiger partial charge in [0.05, 0.1) is 0 Å². The number of benzene rings is 1. The Morgan fingerprint density at radius 1 is 1.35 bits per heavy atom. The van der Waals surface area contributed by atoms with E-state index < -0.39 is 0 Å². The average Bonchev–Trinajstić information content (AvgIpc) is 3.21. The van der Waals surface area contributed by atoms with Gasteiger partial charge in [0.25, 0.3) is 0 Å². The van der Waals surface area contributed by atoms with Gasteiger partial charge in [-0.2, -0.15) is 0 Å². The molecule has 4 heteroatoms. The monoisotopic (exact) mass is 271 g/mol. The van der Waals surface area contributed by atoms with Crippen LogP contribution < -0.4 is 10.6 Å². The minimum atomic E-state index is 0.0819. The summed E-state index contributed by atoms with van der Waals surface area (Å²) < 4.78 is 2.16. The van der Waals surface area contributed by atoms with Crippen molar-refractivity contribution in [3.63, 3.8) is 0 Å². The Morgan fingerprint density at radius 3 is 2.95 bits per heavy atom. The van der Waals surface area contributed by atoms with Crippen molar-refractivity contribution in [1.82, 2.24) is 15.2 Å². The highest BCUT2D eigenvalue weighted by Gasteiger charge is 2.20. The molecule has 4 nitrogen and oxygen atoms in total. The van der Waals surface area contributed by atoms with Crippen LogP contribution in [0.5, 0.6) is 0 Å². The summed E-state index contributed by atoms with van der Waals surface area (Å²) in [5.74, 6) is 0.0819. The first-order chi connectivity index (χ1) is 9.78. The Bertz CT molecular complexity index is 613. The van der Waals surface area contributed by atoms with Crippen LogP contribution in [-0.2, 0) is 17.9 Å². The number of amides is 1. The molecule has 106 valence electrons. The van der Waals surface area contributed by atoms with E-state index in [1.54, 1.807) is 7.05 Å². The molecule has 0 saturated heterocycles. The maximum absolute atomic E-state index is 11.4. The van der Waals surface area contributed by atoms with E-state index in [-0.39, 0.29) is 5.91 Å². The molecule has 1 saturated carbocycles. The molecular weight excluding hydrogens is 250 g/mol. The number of carbonyl (C=O) groups excluding carboxylic acids is 1. The summed E-state index contributed by atoms with van der Waals surface area (Å²) in [6.45, 7) is 1.66. The number of fused-ring (bicyclic) bond motifs is 1. The first kappa shape index (κ1) is 13.2. The van der Waals surface area contributed by atoms with Crippen molar-refractivity contribution in [2.24, 2.45) is 0 Å². The molecule has 1 amide bonds. The van der Waals surface area contributed by atoms with Crippen LogP contribution in [0.25, 0.3) is 10.9 Å². The van der Waals surface area contributed by atoms with Crippen molar-refractivity contribution in [2.75, 3.05) is 7.05 Å². The number of aryl methyl sites for hydroxylation is 1. The summed E-state index contributed by atoms with van der Waals surface area (Å²) in [7, 11) is 1.68. The average molecular weight is 271 g/mol. The van der Waals surface area contributed by atoms with Gasteiger partial charge in [0.2, 0.25) is 5.91 Å². The molecule has 1 aliphatic rings. The van der Waals surface area contributed by atoms with Crippen LogP contribution >= 0.6 is 0 Å². The van der Waals surface area contributed by atoms with E-state index in [0.717, 1.165) is 19.1 Å². The minimum absolute atomic E-state index is 0.0819. The molecule has 1 aliphatic carbocycles. The van der Waals surface area contributed by atoms with Crippen molar-refractivity contribution in [2.45, 2.75) is 38.4 Å². The number of carbonyl (C=O) groups is 1. The summed E-state index contributed by atoms with van der Waals surface area (Å²) in [4.78, 5) is 11.4. The van der Waals surface area contributed by atoms with E-state index in [1.165, 1.54) is 29.3 Å². The van der Waals surface area contributed by atoms with Gasteiger partial charge < -0.3 is 15.2 Å². The number of aromatic nitrogens is 1. The zero-order valence-electron chi connectivity index (χ0n) is 11.9. The van der Waals surface area contributed by atoms with Crippen LogP contribution in [0.3, 0.4) is 0 Å². The van der Waals surface area contributed by atoms with Gasteiger partial charge in [0.1, 0.15) is 0 Å². The number of hydrogen-bond donors (Lipinski definition) is 2. The topological polar surface area (TPSA) is 46.1 Å². The molecule has 20 heavy (non-hydrogen) atoms. The summed E-state index contributed by atoms with van der Waals surface area (Å²) in [5.41, 5.74) is 2.55. The van der Waals surface area contributed by atoms with Crippen molar-refractivity contribution < 1.29 is 4.79 Å². The van der Waals surface area contributed by atoms with Gasteiger partial charge in [-0.25, -0.2) is 0 Å². The molecule has 2 aromatic rings. The summed E-state index contributed by atoms with van der Waals surface area (Å²) in [6, 6.07) is 9.28. The van der Waals surface area contributed by atoms with Crippen molar-refractivity contribution in [1.29, 1.82) is 0 Å². The molecule has 0 spiro atoms. The van der Waals surface area contributed by atoms with Crippen LogP contribution in [-0.4, -0.2) is 23.6 Å². The third kappa shape index (κ3) is 2.85. The Hall–Kier alpha value is -1.81. The number of nitrogens with zero attached hydrogens (tertiary/aromatic N) is 1. The van der Waals surface area contributed by atoms with E-state index in [4.69, 9.17) is 0 Å². The van der Waals surface area contributed by atoms with Crippen LogP contribution in [0.15, 0.2) is 30.5 Å². The van der Waals surface area contributed by atoms with E-state index in [1.807, 2.05) is 0 Å². The molecule has 2 N–H and O–H groups in total. The van der Waals surface area contributed by atoms with Gasteiger partial charge in [0, 0.05) is 49.7 Å². The Balaban J connectivity index is 1.77. The fraction of sp³-hybridized carbons (Fsp3) is 0.438. The smallest absolute Gasteiger partial charge is 0.221 e. The van der Waals surface area contributed by atoms with Crippen LogP contribution in [0.4, 0.5) is 0 Å². The summed E-state index contributed by atoms with van der Waals surface area (Å²) in [5, 5.41) is 7.51. The molecule has 0 radical (unpaired) electrons. The second-order valence-electron chi connectivity index (χ2n) is 5.44. The number of rotatable bonds is 6. The Kier molecular flexibility index (Phi) is 3.74. The lowest BCUT2D eigenvalue weighted by Crippen LogP contribution is -2.19. The SMILES string of the molecule is CNC(=O)CCn1ccc2c(CNC3CC3)cccc21. The van der Waals surface area contributed by atoms with Crippen LogP contribution in [0.2, 0.25) is 0 Å². The van der Waals surface area contributed by atoms with Crippen molar-refractivity contribution in [3.8, 4) is 0 Å². The van der Waals surface area contributed by atoms with Crippen molar-refractivity contribution in [3.05, 3.63) is 36.0 Å². The highest BCUT2D eigenvalue weighted by molar-refractivity contribution is 5.84. The lowest BCUT2D eigenvalue weighted by Gasteiger charge is -2.08. The number of hydrogen-bond acceptors (Lipinski definition) is 2. The first-order valence-electron chi connectivity index (χ1n) is 7.28. The van der Waals surface area contributed by atoms with E-state index in [0.29, 0.717) is 6.42 Å². The van der Waals surface area contributed by atoms with Crippen molar-refractivity contribution >= 4 is 16.8 Å². The largest absolute Gasteiger partial charge is 0.359 e. The molecule has 1 aromatic heterocycles. The fourth-order valence-corrected chi connectivity index (χ4v) is 2.53. The van der Waals surface area contributed by atoms with Gasteiger partial charge in [-0.05, 0) is 30.5 Å². The quantitative estimate of drug-likeness (QED) is 0.844. The van der Waals surface area contributed by atoms with Gasteiger partial charge in [-0.15, -0.1) is 0 Å². The van der Waals surface area contributed by atoms with Gasteiger partial charge in [0.15, 0.2) is 0 Å². The zero-order chi connectivity index (χ0) is 13.9. The Labute approximate surface area is 119 Å². The maximum atomic E-state index is 11.4. The second kappa shape index (κ2) is 5.67. The van der Waals surface area contributed by atoms with E-state index in [2.05, 4.69) is 45.7 Å². The minimum Gasteiger partial charge on any atom is -0.359 e. The lowest BCUT2D eigenvalue weighted by atomic mass is 10.1. The third-order valence-corrected chi connectivity index (χ3v) is 3.92. The molecule has 0 unspecified atom stereocenters. The van der Waals surface area contributed by atoms with Gasteiger partial charge in [-0.1, -0.05) is 12.1 Å². The van der Waals surface area contributed by atoms with Crippen LogP contribution in [0, 0.1) is 0 Å². The third-order valence-electron chi connectivity index (χ3n) is 3.92. The zero-order valence-corrected chi connectivity index (χ0v) is 11.9. The normalized spacial score (nSPS) is 14.7. The Morgan fingerprint density at radius 2 is 2.20 bits per heavy atom. The fourth-order valence-electron chi connectivity index (χ4n) is 2.53. The molecule has 3 rings (SSSR count). The lowest BCUT2D eigenvalue weighted by molar-refractivity contribution is -0.120. The highest BCUT2D eigenvalue weighted by Crippen LogP contribution is 2.23. The second-order valence-corrected chi connectivity index (χ2v) is 5.44. The first-order valence-corrected chi connectivity index (χ1v) is 7.28. The summed E-state index contributed by atoms with van der Waals surface area (Å²) in [6.07, 6.45) is 5.21. The molecule has 1 heterocycles. The molecule has 1 aromatic carbocycles. The summed E-state index contributed by atoms with van der Waals surface area (Å²) >= 11 is 0. The molecular formula is C16H21N3O. The maximum Gasteiger partial charge on any atom is 0.221 e. The van der Waals surface area contributed by atoms with E-state index in [9.17, 15) is 4.79 Å². The van der Waals surface area contributed by atoms with Crippen LogP contribution in [0.1, 0.15) is 24.8 Å². The number of nitrogens with one attached hydrogen (secondary N) is 2. The highest BCUT2D eigenvalue weighted by atomic mass is 16.1. The molecule has 0 bridgehead atoms. The molecule has 0 aliphatic heterocycles.